The van der Waals surface area contributed by atoms with Crippen LogP contribution in [0.3, 0.4) is 0 Å². The van der Waals surface area contributed by atoms with E-state index in [-0.39, 0.29) is 0 Å². The molecule has 1 aromatic heterocycles. The number of fused-ring (bicyclic) bond motifs is 1. The number of nitrogens with one attached hydrogen (secondary N) is 1. The second kappa shape index (κ2) is 5.06. The van der Waals surface area contributed by atoms with Crippen LogP contribution < -0.4 is 0 Å². The molecule has 1 heterocycles. The van der Waals surface area contributed by atoms with Gasteiger partial charge in [0.05, 0.1) is 38.9 Å². The van der Waals surface area contributed by atoms with E-state index in [1.165, 1.54) is 0 Å². The van der Waals surface area contributed by atoms with Crippen LogP contribution in [-0.2, 0) is 0 Å². The summed E-state index contributed by atoms with van der Waals surface area (Å²) in [5, 5.41) is 18.5. The average Bonchev–Trinajstić information content (AvgIpc) is 2.83. The number of benzene rings is 2. The van der Waals surface area contributed by atoms with E-state index in [1.807, 2.05) is 12.1 Å². The van der Waals surface area contributed by atoms with E-state index in [2.05, 4.69) is 11.1 Å². The second-order valence-corrected chi connectivity index (χ2v) is 5.15. The molecule has 100 valence electrons. The summed E-state index contributed by atoms with van der Waals surface area (Å²) in [7, 11) is 0. The molecule has 1 N–H and O–H groups in total. The molecule has 3 aromatic rings. The number of aromatic amines is 1. The number of nitriles is 2. The van der Waals surface area contributed by atoms with Gasteiger partial charge in [0.2, 0.25) is 0 Å². The molecule has 6 heteroatoms. The SMILES string of the molecule is N#Cc1ccc(-n2c(=S)[nH]c3c(C#N)cccc32)c(Cl)c1. The Kier molecular flexibility index (Phi) is 3.23. The van der Waals surface area contributed by atoms with Gasteiger partial charge in [-0.05, 0) is 42.5 Å². The Morgan fingerprint density at radius 1 is 1.14 bits per heavy atom. The van der Waals surface area contributed by atoms with Gasteiger partial charge in [0.1, 0.15) is 6.07 Å². The molecule has 0 aliphatic carbocycles. The van der Waals surface area contributed by atoms with Gasteiger partial charge in [-0.3, -0.25) is 4.57 Å². The van der Waals surface area contributed by atoms with Gasteiger partial charge >= 0.3 is 0 Å². The molecule has 0 aliphatic rings. The summed E-state index contributed by atoms with van der Waals surface area (Å²) < 4.78 is 2.20. The molecule has 4 nitrogen and oxygen atoms in total. The van der Waals surface area contributed by atoms with Crippen molar-refractivity contribution in [3.05, 3.63) is 57.3 Å². The highest BCUT2D eigenvalue weighted by molar-refractivity contribution is 7.71. The highest BCUT2D eigenvalue weighted by atomic mass is 35.5. The number of aromatic nitrogens is 2. The highest BCUT2D eigenvalue weighted by Gasteiger charge is 2.12. The number of hydrogen-bond acceptors (Lipinski definition) is 3. The largest absolute Gasteiger partial charge is 0.329 e. The van der Waals surface area contributed by atoms with Gasteiger partial charge in [-0.2, -0.15) is 10.5 Å². The summed E-state index contributed by atoms with van der Waals surface area (Å²) in [5.41, 5.74) is 3.10. The normalized spacial score (nSPS) is 10.2. The molecular weight excluding hydrogens is 304 g/mol. The van der Waals surface area contributed by atoms with Gasteiger partial charge in [-0.15, -0.1) is 0 Å². The second-order valence-electron chi connectivity index (χ2n) is 4.36. The zero-order chi connectivity index (χ0) is 15.0. The van der Waals surface area contributed by atoms with Crippen LogP contribution in [0.2, 0.25) is 5.02 Å². The first kappa shape index (κ1) is 13.4. The van der Waals surface area contributed by atoms with Crippen molar-refractivity contribution >= 4 is 34.9 Å². The van der Waals surface area contributed by atoms with Gasteiger partial charge in [0.15, 0.2) is 4.77 Å². The number of H-pyrrole nitrogens is 1. The fourth-order valence-corrected chi connectivity index (χ4v) is 2.78. The molecule has 0 radical (unpaired) electrons. The summed E-state index contributed by atoms with van der Waals surface area (Å²) in [6.07, 6.45) is 0. The predicted octanol–water partition coefficient (Wildman–Crippen LogP) is 4.08. The Morgan fingerprint density at radius 3 is 2.62 bits per heavy atom. The van der Waals surface area contributed by atoms with Crippen LogP contribution in [0.25, 0.3) is 16.7 Å². The lowest BCUT2D eigenvalue weighted by Gasteiger charge is -2.07. The predicted molar refractivity (Wildman–Crippen MR) is 82.9 cm³/mol. The fraction of sp³-hybridized carbons (Fsp3) is 0. The maximum atomic E-state index is 9.15. The van der Waals surface area contributed by atoms with Crippen LogP contribution in [0.1, 0.15) is 11.1 Å². The molecule has 2 aromatic carbocycles. The van der Waals surface area contributed by atoms with E-state index in [1.54, 1.807) is 34.9 Å². The van der Waals surface area contributed by atoms with Crippen molar-refractivity contribution in [1.29, 1.82) is 10.5 Å². The Balaban J connectivity index is 2.37. The molecule has 0 saturated heterocycles. The maximum absolute atomic E-state index is 9.15. The van der Waals surface area contributed by atoms with E-state index in [4.69, 9.17) is 34.3 Å². The molecule has 0 unspecified atom stereocenters. The first-order valence-electron chi connectivity index (χ1n) is 5.99. The number of imidazole rings is 1. The third-order valence-corrected chi connectivity index (χ3v) is 3.74. The van der Waals surface area contributed by atoms with Gasteiger partial charge in [-0.1, -0.05) is 17.7 Å². The summed E-state index contributed by atoms with van der Waals surface area (Å²) in [6.45, 7) is 0. The minimum atomic E-state index is 0.424. The van der Waals surface area contributed by atoms with Crippen molar-refractivity contribution in [3.8, 4) is 17.8 Å². The number of nitrogens with zero attached hydrogens (tertiary/aromatic N) is 3. The zero-order valence-corrected chi connectivity index (χ0v) is 12.2. The third kappa shape index (κ3) is 2.09. The van der Waals surface area contributed by atoms with Crippen molar-refractivity contribution in [2.75, 3.05) is 0 Å². The monoisotopic (exact) mass is 310 g/mol. The summed E-state index contributed by atoms with van der Waals surface area (Å²) >= 11 is 11.6. The molecule has 0 bridgehead atoms. The maximum Gasteiger partial charge on any atom is 0.182 e. The van der Waals surface area contributed by atoms with Crippen molar-refractivity contribution in [2.45, 2.75) is 0 Å². The molecule has 0 amide bonds. The topological polar surface area (TPSA) is 68.3 Å². The summed E-state index contributed by atoms with van der Waals surface area (Å²) in [6, 6.07) is 14.5. The van der Waals surface area contributed by atoms with Crippen LogP contribution in [0, 0.1) is 27.4 Å². The van der Waals surface area contributed by atoms with E-state index in [0.29, 0.717) is 32.1 Å². The van der Waals surface area contributed by atoms with Crippen molar-refractivity contribution in [2.24, 2.45) is 0 Å². The first-order valence-corrected chi connectivity index (χ1v) is 6.78. The number of rotatable bonds is 1. The molecule has 3 rings (SSSR count). The van der Waals surface area contributed by atoms with Crippen LogP contribution in [0.5, 0.6) is 0 Å². The molecule has 0 saturated carbocycles. The summed E-state index contributed by atoms with van der Waals surface area (Å²) in [5.74, 6) is 0. The lowest BCUT2D eigenvalue weighted by Crippen LogP contribution is -1.95. The smallest absolute Gasteiger partial charge is 0.182 e. The van der Waals surface area contributed by atoms with Gasteiger partial charge in [0, 0.05) is 0 Å². The zero-order valence-electron chi connectivity index (χ0n) is 10.6. The first-order chi connectivity index (χ1) is 10.2. The van der Waals surface area contributed by atoms with Crippen LogP contribution in [0.4, 0.5) is 0 Å². The lowest BCUT2D eigenvalue weighted by atomic mass is 10.2. The van der Waals surface area contributed by atoms with Crippen molar-refractivity contribution < 1.29 is 0 Å². The standard InChI is InChI=1S/C15H7ClN4S/c16-11-6-9(7-17)4-5-12(11)20-13-3-1-2-10(8-18)14(13)19-15(20)21/h1-6H,(H,19,21). The fourth-order valence-electron chi connectivity index (χ4n) is 2.22. The quantitative estimate of drug-likeness (QED) is 0.688. The summed E-state index contributed by atoms with van der Waals surface area (Å²) in [4.78, 5) is 3.03. The minimum Gasteiger partial charge on any atom is -0.329 e. The van der Waals surface area contributed by atoms with Gasteiger partial charge < -0.3 is 4.98 Å². The molecule has 0 atom stereocenters. The molecular formula is C15H7ClN4S. The number of halogens is 1. The minimum absolute atomic E-state index is 0.424. The molecule has 0 fully saturated rings. The van der Waals surface area contributed by atoms with Crippen LogP contribution >= 0.6 is 23.8 Å². The van der Waals surface area contributed by atoms with E-state index in [0.717, 1.165) is 5.52 Å². The van der Waals surface area contributed by atoms with Crippen LogP contribution in [-0.4, -0.2) is 9.55 Å². The Labute approximate surface area is 130 Å². The lowest BCUT2D eigenvalue weighted by molar-refractivity contribution is 1.06. The van der Waals surface area contributed by atoms with Crippen LogP contribution in [0.15, 0.2) is 36.4 Å². The number of para-hydroxylation sites is 1. The van der Waals surface area contributed by atoms with E-state index >= 15 is 0 Å². The molecule has 0 spiro atoms. The van der Waals surface area contributed by atoms with E-state index in [9.17, 15) is 0 Å². The third-order valence-electron chi connectivity index (χ3n) is 3.16. The Morgan fingerprint density at radius 2 is 1.95 bits per heavy atom. The average molecular weight is 311 g/mol. The van der Waals surface area contributed by atoms with E-state index < -0.39 is 0 Å². The highest BCUT2D eigenvalue weighted by Crippen LogP contribution is 2.27. The number of hydrogen-bond donors (Lipinski definition) is 1. The Bertz CT molecular complexity index is 1000. The molecule has 0 aliphatic heterocycles. The van der Waals surface area contributed by atoms with Crippen molar-refractivity contribution in [3.63, 3.8) is 0 Å². The van der Waals surface area contributed by atoms with Gasteiger partial charge in [0.25, 0.3) is 0 Å². The van der Waals surface area contributed by atoms with Gasteiger partial charge in [-0.25, -0.2) is 0 Å². The Hall–Kier alpha value is -2.60. The molecule has 21 heavy (non-hydrogen) atoms. The van der Waals surface area contributed by atoms with Crippen molar-refractivity contribution in [1.82, 2.24) is 9.55 Å².